The van der Waals surface area contributed by atoms with E-state index in [1.165, 1.54) is 5.69 Å². The Hall–Kier alpha value is -2.76. The molecule has 0 bridgehead atoms. The predicted octanol–water partition coefficient (Wildman–Crippen LogP) is 2.81. The van der Waals surface area contributed by atoms with E-state index in [0.29, 0.717) is 25.1 Å². The Bertz CT molecular complexity index is 734. The number of pyridine rings is 1. The number of nitrogens with zero attached hydrogens (tertiary/aromatic N) is 3. The smallest absolute Gasteiger partial charge is 0.218 e. The van der Waals surface area contributed by atoms with Gasteiger partial charge in [-0.2, -0.15) is 0 Å². The number of nitrogens with one attached hydrogen (secondary N) is 2. The van der Waals surface area contributed by atoms with Crippen LogP contribution in [0.2, 0.25) is 0 Å². The standard InChI is InChI=1S/C21H29N5O/c1-3-14-27-20-17(8-7-12-23-20)15-24-21(22-2)25-18-11-13-26(16-18)19-9-5-4-6-10-19/h4-10,12,18H,3,11,13-16H2,1-2H3,(H2,22,24,25). The Morgan fingerprint density at radius 2 is 2.11 bits per heavy atom. The number of anilines is 1. The SMILES string of the molecule is CCCOc1ncccc1CNC(=NC)NC1CCN(c2ccccc2)C1. The highest BCUT2D eigenvalue weighted by Gasteiger charge is 2.23. The van der Waals surface area contributed by atoms with Crippen LogP contribution in [-0.4, -0.2) is 43.7 Å². The van der Waals surface area contributed by atoms with Crippen molar-refractivity contribution in [2.45, 2.75) is 32.4 Å². The first kappa shape index (κ1) is 19.0. The molecule has 0 spiro atoms. The zero-order chi connectivity index (χ0) is 18.9. The second kappa shape index (κ2) is 9.80. The molecule has 6 heteroatoms. The molecule has 6 nitrogen and oxygen atoms in total. The van der Waals surface area contributed by atoms with E-state index < -0.39 is 0 Å². The van der Waals surface area contributed by atoms with Gasteiger partial charge in [0.15, 0.2) is 5.96 Å². The average molecular weight is 367 g/mol. The van der Waals surface area contributed by atoms with E-state index in [2.05, 4.69) is 62.8 Å². The van der Waals surface area contributed by atoms with Crippen molar-refractivity contribution < 1.29 is 4.74 Å². The first-order chi connectivity index (χ1) is 13.3. The Morgan fingerprint density at radius 3 is 2.89 bits per heavy atom. The van der Waals surface area contributed by atoms with E-state index in [4.69, 9.17) is 4.74 Å². The minimum atomic E-state index is 0.376. The molecule has 1 aromatic carbocycles. The number of hydrogen-bond acceptors (Lipinski definition) is 4. The van der Waals surface area contributed by atoms with Crippen molar-refractivity contribution in [2.75, 3.05) is 31.6 Å². The van der Waals surface area contributed by atoms with Crippen LogP contribution < -0.4 is 20.3 Å². The number of aliphatic imine (C=N–C) groups is 1. The Balaban J connectivity index is 1.52. The van der Waals surface area contributed by atoms with E-state index in [-0.39, 0.29) is 0 Å². The summed E-state index contributed by atoms with van der Waals surface area (Å²) >= 11 is 0. The van der Waals surface area contributed by atoms with Gasteiger partial charge in [-0.25, -0.2) is 4.98 Å². The molecule has 1 aromatic heterocycles. The molecule has 0 radical (unpaired) electrons. The lowest BCUT2D eigenvalue weighted by molar-refractivity contribution is 0.301. The summed E-state index contributed by atoms with van der Waals surface area (Å²) in [7, 11) is 1.80. The molecule has 2 N–H and O–H groups in total. The van der Waals surface area contributed by atoms with Gasteiger partial charge >= 0.3 is 0 Å². The highest BCUT2D eigenvalue weighted by Crippen LogP contribution is 2.19. The zero-order valence-corrected chi connectivity index (χ0v) is 16.2. The number of hydrogen-bond donors (Lipinski definition) is 2. The topological polar surface area (TPSA) is 61.8 Å². The molecule has 0 amide bonds. The molecule has 144 valence electrons. The molecule has 1 aliphatic rings. The van der Waals surface area contributed by atoms with E-state index in [0.717, 1.165) is 37.5 Å². The van der Waals surface area contributed by atoms with Crippen LogP contribution in [0.25, 0.3) is 0 Å². The first-order valence-corrected chi connectivity index (χ1v) is 9.64. The quantitative estimate of drug-likeness (QED) is 0.582. The molecule has 0 saturated carbocycles. The van der Waals surface area contributed by atoms with Crippen molar-refractivity contribution in [3.63, 3.8) is 0 Å². The van der Waals surface area contributed by atoms with Gasteiger partial charge in [0.1, 0.15) is 0 Å². The molecule has 1 fully saturated rings. The van der Waals surface area contributed by atoms with Gasteiger partial charge in [0.25, 0.3) is 0 Å². The summed E-state index contributed by atoms with van der Waals surface area (Å²) in [6, 6.07) is 14.9. The molecule has 27 heavy (non-hydrogen) atoms. The summed E-state index contributed by atoms with van der Waals surface area (Å²) in [4.78, 5) is 11.1. The molecular formula is C21H29N5O. The summed E-state index contributed by atoms with van der Waals surface area (Å²) in [5.41, 5.74) is 2.31. The van der Waals surface area contributed by atoms with Gasteiger partial charge in [-0.3, -0.25) is 4.99 Å². The fourth-order valence-electron chi connectivity index (χ4n) is 3.21. The maximum atomic E-state index is 5.73. The summed E-state index contributed by atoms with van der Waals surface area (Å²) in [6.07, 6.45) is 3.82. The second-order valence-electron chi connectivity index (χ2n) is 6.65. The molecule has 2 heterocycles. The average Bonchev–Trinajstić information content (AvgIpc) is 3.19. The minimum Gasteiger partial charge on any atom is -0.477 e. The number of guanidine groups is 1. The predicted molar refractivity (Wildman–Crippen MR) is 110 cm³/mol. The van der Waals surface area contributed by atoms with Gasteiger partial charge in [-0.15, -0.1) is 0 Å². The van der Waals surface area contributed by atoms with Crippen LogP contribution in [-0.2, 0) is 6.54 Å². The third-order valence-electron chi connectivity index (χ3n) is 4.61. The van der Waals surface area contributed by atoms with Gasteiger partial charge in [-0.1, -0.05) is 31.2 Å². The van der Waals surface area contributed by atoms with Crippen molar-refractivity contribution in [3.8, 4) is 5.88 Å². The van der Waals surface area contributed by atoms with Crippen LogP contribution >= 0.6 is 0 Å². The molecular weight excluding hydrogens is 338 g/mol. The van der Waals surface area contributed by atoms with Crippen molar-refractivity contribution in [1.29, 1.82) is 0 Å². The third kappa shape index (κ3) is 5.36. The largest absolute Gasteiger partial charge is 0.477 e. The highest BCUT2D eigenvalue weighted by atomic mass is 16.5. The summed E-state index contributed by atoms with van der Waals surface area (Å²) in [5.74, 6) is 1.50. The van der Waals surface area contributed by atoms with E-state index >= 15 is 0 Å². The lowest BCUT2D eigenvalue weighted by atomic mass is 10.2. The summed E-state index contributed by atoms with van der Waals surface area (Å²) in [6.45, 7) is 5.42. The van der Waals surface area contributed by atoms with Crippen molar-refractivity contribution in [3.05, 3.63) is 54.2 Å². The maximum Gasteiger partial charge on any atom is 0.218 e. The number of ether oxygens (including phenoxy) is 1. The van der Waals surface area contributed by atoms with E-state index in [9.17, 15) is 0 Å². The van der Waals surface area contributed by atoms with Crippen LogP contribution in [0.4, 0.5) is 5.69 Å². The number of aromatic nitrogens is 1. The maximum absolute atomic E-state index is 5.73. The lowest BCUT2D eigenvalue weighted by Crippen LogP contribution is -2.44. The third-order valence-corrected chi connectivity index (χ3v) is 4.61. The van der Waals surface area contributed by atoms with Gasteiger partial charge in [0.2, 0.25) is 5.88 Å². The Morgan fingerprint density at radius 1 is 1.26 bits per heavy atom. The normalized spacial score (nSPS) is 17.0. The fraction of sp³-hybridized carbons (Fsp3) is 0.429. The van der Waals surface area contributed by atoms with Crippen molar-refractivity contribution >= 4 is 11.6 Å². The molecule has 0 aliphatic carbocycles. The Kier molecular flexibility index (Phi) is 6.90. The molecule has 3 rings (SSSR count). The molecule has 1 aliphatic heterocycles. The molecule has 1 saturated heterocycles. The van der Waals surface area contributed by atoms with Crippen LogP contribution in [0, 0.1) is 0 Å². The minimum absolute atomic E-state index is 0.376. The van der Waals surface area contributed by atoms with Crippen LogP contribution in [0.1, 0.15) is 25.3 Å². The van der Waals surface area contributed by atoms with Gasteiger partial charge in [-0.05, 0) is 31.0 Å². The fourth-order valence-corrected chi connectivity index (χ4v) is 3.21. The second-order valence-corrected chi connectivity index (χ2v) is 6.65. The van der Waals surface area contributed by atoms with Crippen molar-refractivity contribution in [2.24, 2.45) is 4.99 Å². The number of para-hydroxylation sites is 1. The monoisotopic (exact) mass is 367 g/mol. The van der Waals surface area contributed by atoms with Crippen LogP contribution in [0.5, 0.6) is 5.88 Å². The van der Waals surface area contributed by atoms with E-state index in [1.54, 1.807) is 13.2 Å². The van der Waals surface area contributed by atoms with E-state index in [1.807, 2.05) is 12.1 Å². The van der Waals surface area contributed by atoms with Gasteiger partial charge < -0.3 is 20.3 Å². The van der Waals surface area contributed by atoms with Crippen LogP contribution in [0.3, 0.4) is 0 Å². The Labute approximate surface area is 161 Å². The highest BCUT2D eigenvalue weighted by molar-refractivity contribution is 5.80. The lowest BCUT2D eigenvalue weighted by Gasteiger charge is -2.20. The number of rotatable bonds is 7. The number of benzene rings is 1. The van der Waals surface area contributed by atoms with Gasteiger partial charge in [0, 0.05) is 50.2 Å². The molecule has 1 atom stereocenters. The van der Waals surface area contributed by atoms with Crippen molar-refractivity contribution in [1.82, 2.24) is 15.6 Å². The van der Waals surface area contributed by atoms with Crippen LogP contribution in [0.15, 0.2) is 53.7 Å². The first-order valence-electron chi connectivity index (χ1n) is 9.64. The van der Waals surface area contributed by atoms with Gasteiger partial charge in [0.05, 0.1) is 6.61 Å². The zero-order valence-electron chi connectivity index (χ0n) is 16.2. The summed E-state index contributed by atoms with van der Waals surface area (Å²) < 4.78 is 5.73. The summed E-state index contributed by atoms with van der Waals surface area (Å²) in [5, 5.41) is 6.92. The molecule has 1 unspecified atom stereocenters. The molecule has 2 aromatic rings.